The van der Waals surface area contributed by atoms with E-state index in [1.165, 1.54) is 0 Å². The van der Waals surface area contributed by atoms with Crippen LogP contribution < -0.4 is 0 Å². The van der Waals surface area contributed by atoms with E-state index in [9.17, 15) is 15.0 Å². The molecule has 3 nitrogen and oxygen atoms in total. The highest BCUT2D eigenvalue weighted by Crippen LogP contribution is 2.23. The highest BCUT2D eigenvalue weighted by atomic mass is 127. The van der Waals surface area contributed by atoms with Crippen molar-refractivity contribution in [3.8, 4) is 0 Å². The zero-order valence-corrected chi connectivity index (χ0v) is 12.2. The van der Waals surface area contributed by atoms with Crippen LogP contribution in [0.3, 0.4) is 0 Å². The second-order valence-corrected chi connectivity index (χ2v) is 5.26. The van der Waals surface area contributed by atoms with Crippen LogP contribution in [0.2, 0.25) is 0 Å². The summed E-state index contributed by atoms with van der Waals surface area (Å²) in [7, 11) is 0. The smallest absolute Gasteiger partial charge is 0.196 e. The lowest BCUT2D eigenvalue weighted by Crippen LogP contribution is -2.15. The maximum atomic E-state index is 12.3. The van der Waals surface area contributed by atoms with Crippen LogP contribution in [-0.2, 0) is 6.61 Å². The molecule has 0 aromatic heterocycles. The van der Waals surface area contributed by atoms with Crippen molar-refractivity contribution in [1.82, 2.24) is 0 Å². The third-order valence-corrected chi connectivity index (χ3v) is 3.92. The molecule has 98 valence electrons. The van der Waals surface area contributed by atoms with Gasteiger partial charge in [-0.1, -0.05) is 42.5 Å². The summed E-state index contributed by atoms with van der Waals surface area (Å²) in [6.07, 6.45) is -1.20. The van der Waals surface area contributed by atoms with Crippen molar-refractivity contribution in [1.29, 1.82) is 0 Å². The number of hydrogen-bond acceptors (Lipinski definition) is 3. The van der Waals surface area contributed by atoms with Crippen molar-refractivity contribution >= 4 is 28.4 Å². The van der Waals surface area contributed by atoms with Crippen molar-refractivity contribution in [3.05, 3.63) is 68.8 Å². The quantitative estimate of drug-likeness (QED) is 0.645. The molecule has 2 rings (SSSR count). The number of carbonyl (C=O) groups excluding carboxylic acids is 1. The van der Waals surface area contributed by atoms with Crippen LogP contribution >= 0.6 is 22.6 Å². The first kappa shape index (κ1) is 14.2. The van der Waals surface area contributed by atoms with Crippen molar-refractivity contribution in [2.75, 3.05) is 0 Å². The number of rotatable bonds is 4. The average molecular weight is 368 g/mol. The molecule has 0 saturated carbocycles. The minimum absolute atomic E-state index is 0.221. The van der Waals surface area contributed by atoms with Gasteiger partial charge in [0, 0.05) is 14.7 Å². The van der Waals surface area contributed by atoms with E-state index < -0.39 is 11.9 Å². The van der Waals surface area contributed by atoms with E-state index in [1.807, 2.05) is 12.1 Å². The molecule has 2 aromatic rings. The van der Waals surface area contributed by atoms with Crippen LogP contribution in [0.25, 0.3) is 0 Å². The largest absolute Gasteiger partial charge is 0.392 e. The Bertz CT molecular complexity index is 581. The molecule has 0 aliphatic heterocycles. The third kappa shape index (κ3) is 3.02. The minimum atomic E-state index is -1.20. The summed E-state index contributed by atoms with van der Waals surface area (Å²) in [4.78, 5) is 12.3. The number of ketones is 1. The molecule has 19 heavy (non-hydrogen) atoms. The lowest BCUT2D eigenvalue weighted by atomic mass is 9.96. The molecule has 0 spiro atoms. The maximum Gasteiger partial charge on any atom is 0.196 e. The van der Waals surface area contributed by atoms with E-state index in [0.29, 0.717) is 16.7 Å². The summed E-state index contributed by atoms with van der Waals surface area (Å²) in [6.45, 7) is -0.221. The van der Waals surface area contributed by atoms with Gasteiger partial charge in [-0.2, -0.15) is 0 Å². The molecule has 0 radical (unpaired) electrons. The Labute approximate surface area is 125 Å². The second-order valence-electron chi connectivity index (χ2n) is 4.10. The molecule has 0 bridgehead atoms. The summed E-state index contributed by atoms with van der Waals surface area (Å²) in [5.41, 5.74) is 1.48. The summed E-state index contributed by atoms with van der Waals surface area (Å²) < 4.78 is 0.811. The first-order valence-electron chi connectivity index (χ1n) is 5.80. The van der Waals surface area contributed by atoms with Crippen molar-refractivity contribution in [2.24, 2.45) is 0 Å². The maximum absolute atomic E-state index is 12.3. The molecule has 0 aliphatic carbocycles. The van der Waals surface area contributed by atoms with Crippen LogP contribution in [0.4, 0.5) is 0 Å². The molecule has 4 heteroatoms. The van der Waals surface area contributed by atoms with Gasteiger partial charge < -0.3 is 10.2 Å². The van der Waals surface area contributed by atoms with Gasteiger partial charge in [0.05, 0.1) is 6.61 Å². The van der Waals surface area contributed by atoms with Crippen molar-refractivity contribution in [2.45, 2.75) is 12.7 Å². The predicted molar refractivity (Wildman–Crippen MR) is 80.8 cm³/mol. The number of hydrogen-bond donors (Lipinski definition) is 2. The number of benzene rings is 2. The van der Waals surface area contributed by atoms with Gasteiger partial charge in [0.2, 0.25) is 0 Å². The van der Waals surface area contributed by atoms with Crippen LogP contribution in [0.15, 0.2) is 48.5 Å². The second kappa shape index (κ2) is 6.27. The molecule has 1 unspecified atom stereocenters. The minimum Gasteiger partial charge on any atom is -0.392 e. The molecule has 0 saturated heterocycles. The normalized spacial score (nSPS) is 12.2. The van der Waals surface area contributed by atoms with E-state index in [0.717, 1.165) is 3.57 Å². The summed E-state index contributed by atoms with van der Waals surface area (Å²) >= 11 is 2.06. The Kier molecular flexibility index (Phi) is 4.68. The zero-order valence-electron chi connectivity index (χ0n) is 10.1. The van der Waals surface area contributed by atoms with Crippen LogP contribution in [0.5, 0.6) is 0 Å². The summed E-state index contributed by atoms with van der Waals surface area (Å²) in [6, 6.07) is 14.0. The van der Waals surface area contributed by atoms with Crippen molar-refractivity contribution < 1.29 is 15.0 Å². The Hall–Kier alpha value is -1.24. The zero-order chi connectivity index (χ0) is 13.8. The summed E-state index contributed by atoms with van der Waals surface area (Å²) in [5.74, 6) is -0.395. The Morgan fingerprint density at radius 1 is 1.11 bits per heavy atom. The Morgan fingerprint density at radius 3 is 2.42 bits per heavy atom. The van der Waals surface area contributed by atoms with E-state index in [2.05, 4.69) is 22.6 Å². The fraction of sp³-hybridized carbons (Fsp3) is 0.133. The monoisotopic (exact) mass is 368 g/mol. The lowest BCUT2D eigenvalue weighted by molar-refractivity contribution is 0.0744. The molecular weight excluding hydrogens is 355 g/mol. The Morgan fingerprint density at radius 2 is 1.79 bits per heavy atom. The van der Waals surface area contributed by atoms with Crippen LogP contribution in [0.1, 0.15) is 27.6 Å². The number of Topliss-reactive ketones (excluding diaryl/α,β-unsaturated/α-hetero) is 1. The van der Waals surface area contributed by atoms with Gasteiger partial charge in [-0.15, -0.1) is 0 Å². The first-order valence-corrected chi connectivity index (χ1v) is 6.88. The molecule has 0 amide bonds. The number of halogens is 1. The van der Waals surface area contributed by atoms with E-state index in [4.69, 9.17) is 0 Å². The molecule has 0 fully saturated rings. The number of carbonyl (C=O) groups is 1. The molecule has 0 aliphatic rings. The highest BCUT2D eigenvalue weighted by Gasteiger charge is 2.22. The topological polar surface area (TPSA) is 57.5 Å². The molecule has 2 N–H and O–H groups in total. The van der Waals surface area contributed by atoms with Crippen LogP contribution in [0, 0.1) is 3.57 Å². The predicted octanol–water partition coefficient (Wildman–Crippen LogP) is 2.70. The molecule has 2 aromatic carbocycles. The number of aliphatic hydroxyl groups is 2. The molecular formula is C15H13IO3. The van der Waals surface area contributed by atoms with Crippen molar-refractivity contribution in [3.63, 3.8) is 0 Å². The lowest BCUT2D eigenvalue weighted by Gasteiger charge is -2.13. The van der Waals surface area contributed by atoms with Gasteiger partial charge in [0.25, 0.3) is 0 Å². The third-order valence-electron chi connectivity index (χ3n) is 2.91. The SMILES string of the molecule is O=C(c1cccc(I)c1CO)C(O)c1ccccc1. The van der Waals surface area contributed by atoms with Gasteiger partial charge in [0.1, 0.15) is 6.10 Å². The van der Waals surface area contributed by atoms with E-state index in [-0.39, 0.29) is 6.61 Å². The van der Waals surface area contributed by atoms with E-state index in [1.54, 1.807) is 36.4 Å². The average Bonchev–Trinajstić information content (AvgIpc) is 2.46. The van der Waals surface area contributed by atoms with Gasteiger partial charge >= 0.3 is 0 Å². The van der Waals surface area contributed by atoms with Crippen LogP contribution in [-0.4, -0.2) is 16.0 Å². The fourth-order valence-corrected chi connectivity index (χ4v) is 2.55. The standard InChI is InChI=1S/C15H13IO3/c16-13-8-4-7-11(12(13)9-17)15(19)14(18)10-5-2-1-3-6-10/h1-8,14,17-18H,9H2. The molecule has 1 atom stereocenters. The molecule has 0 heterocycles. The van der Waals surface area contributed by atoms with Gasteiger partial charge in [-0.25, -0.2) is 0 Å². The van der Waals surface area contributed by atoms with Gasteiger partial charge in [-0.3, -0.25) is 4.79 Å². The Balaban J connectivity index is 2.37. The highest BCUT2D eigenvalue weighted by molar-refractivity contribution is 14.1. The fourth-order valence-electron chi connectivity index (χ4n) is 1.88. The van der Waals surface area contributed by atoms with Gasteiger partial charge in [0.15, 0.2) is 5.78 Å². The number of aliphatic hydroxyl groups excluding tert-OH is 2. The first-order chi connectivity index (χ1) is 9.15. The van der Waals surface area contributed by atoms with Gasteiger partial charge in [-0.05, 0) is 34.2 Å². The summed E-state index contributed by atoms with van der Waals surface area (Å²) in [5, 5.41) is 19.5. The van der Waals surface area contributed by atoms with E-state index >= 15 is 0 Å².